The molecule has 128 valence electrons. The van der Waals surface area contributed by atoms with E-state index in [2.05, 4.69) is 48.1 Å². The van der Waals surface area contributed by atoms with Crippen LogP contribution in [0.5, 0.6) is 0 Å². The highest BCUT2D eigenvalue weighted by molar-refractivity contribution is 5.93. The van der Waals surface area contributed by atoms with Crippen molar-refractivity contribution in [3.63, 3.8) is 0 Å². The third kappa shape index (κ3) is 3.85. The molecule has 0 unspecified atom stereocenters. The molecular weight excluding hydrogens is 300 g/mol. The van der Waals surface area contributed by atoms with Gasteiger partial charge in [0, 0.05) is 46.0 Å². The first kappa shape index (κ1) is 16.7. The Morgan fingerprint density at radius 3 is 2.33 bits per heavy atom. The SMILES string of the molecule is CC(C)c1ccc(CN2CCN(C(=O)c3cnn(C)c3)CC2)cc1. The maximum absolute atomic E-state index is 12.4. The standard InChI is InChI=1S/C19H26N4O/c1-15(2)17-6-4-16(5-7-17)13-22-8-10-23(11-9-22)19(24)18-12-20-21(3)14-18/h4-7,12,14-15H,8-11,13H2,1-3H3. The summed E-state index contributed by atoms with van der Waals surface area (Å²) in [6, 6.07) is 8.90. The number of aryl methyl sites for hydroxylation is 1. The molecule has 1 aliphatic heterocycles. The molecule has 24 heavy (non-hydrogen) atoms. The van der Waals surface area contributed by atoms with Crippen LogP contribution in [0, 0.1) is 0 Å². The van der Waals surface area contributed by atoms with E-state index in [-0.39, 0.29) is 5.91 Å². The van der Waals surface area contributed by atoms with E-state index in [1.165, 1.54) is 11.1 Å². The molecule has 0 spiro atoms. The lowest BCUT2D eigenvalue weighted by atomic mass is 10.0. The largest absolute Gasteiger partial charge is 0.336 e. The van der Waals surface area contributed by atoms with Crippen molar-refractivity contribution >= 4 is 5.91 Å². The Labute approximate surface area is 143 Å². The highest BCUT2D eigenvalue weighted by atomic mass is 16.2. The van der Waals surface area contributed by atoms with E-state index in [0.29, 0.717) is 11.5 Å². The molecule has 0 aliphatic carbocycles. The first-order chi connectivity index (χ1) is 11.5. The molecular formula is C19H26N4O. The number of aromatic nitrogens is 2. The molecule has 2 heterocycles. The van der Waals surface area contributed by atoms with Crippen molar-refractivity contribution in [1.82, 2.24) is 19.6 Å². The van der Waals surface area contributed by atoms with Crippen molar-refractivity contribution in [2.45, 2.75) is 26.3 Å². The van der Waals surface area contributed by atoms with E-state index < -0.39 is 0 Å². The second-order valence-electron chi connectivity index (χ2n) is 6.87. The van der Waals surface area contributed by atoms with Gasteiger partial charge in [-0.3, -0.25) is 14.4 Å². The number of amides is 1. The van der Waals surface area contributed by atoms with Crippen molar-refractivity contribution < 1.29 is 4.79 Å². The molecule has 0 saturated carbocycles. The summed E-state index contributed by atoms with van der Waals surface area (Å²) in [6.45, 7) is 8.76. The number of hydrogen-bond donors (Lipinski definition) is 0. The minimum atomic E-state index is 0.0871. The van der Waals surface area contributed by atoms with Gasteiger partial charge in [-0.25, -0.2) is 0 Å². The summed E-state index contributed by atoms with van der Waals surface area (Å²) in [4.78, 5) is 16.8. The van der Waals surface area contributed by atoms with Gasteiger partial charge in [-0.1, -0.05) is 38.1 Å². The highest BCUT2D eigenvalue weighted by Crippen LogP contribution is 2.16. The summed E-state index contributed by atoms with van der Waals surface area (Å²) in [5.74, 6) is 0.658. The van der Waals surface area contributed by atoms with E-state index in [9.17, 15) is 4.79 Å². The fourth-order valence-electron chi connectivity index (χ4n) is 3.09. The molecule has 0 N–H and O–H groups in total. The summed E-state index contributed by atoms with van der Waals surface area (Å²) in [5, 5.41) is 4.08. The average Bonchev–Trinajstić information content (AvgIpc) is 3.02. The van der Waals surface area contributed by atoms with Gasteiger partial charge in [-0.2, -0.15) is 5.10 Å². The third-order valence-electron chi connectivity index (χ3n) is 4.66. The lowest BCUT2D eigenvalue weighted by Gasteiger charge is -2.34. The van der Waals surface area contributed by atoms with E-state index in [4.69, 9.17) is 0 Å². The van der Waals surface area contributed by atoms with Crippen LogP contribution in [-0.4, -0.2) is 51.7 Å². The smallest absolute Gasteiger partial charge is 0.257 e. The van der Waals surface area contributed by atoms with Crippen LogP contribution >= 0.6 is 0 Å². The molecule has 1 aromatic carbocycles. The monoisotopic (exact) mass is 326 g/mol. The Morgan fingerprint density at radius 1 is 1.12 bits per heavy atom. The van der Waals surface area contributed by atoms with Gasteiger partial charge in [-0.15, -0.1) is 0 Å². The number of piperazine rings is 1. The van der Waals surface area contributed by atoms with Crippen LogP contribution < -0.4 is 0 Å². The fourth-order valence-corrected chi connectivity index (χ4v) is 3.09. The summed E-state index contributed by atoms with van der Waals surface area (Å²) >= 11 is 0. The number of hydrogen-bond acceptors (Lipinski definition) is 3. The van der Waals surface area contributed by atoms with E-state index in [0.717, 1.165) is 32.7 Å². The van der Waals surface area contributed by atoms with Crippen molar-refractivity contribution in [2.24, 2.45) is 7.05 Å². The number of benzene rings is 1. The molecule has 1 saturated heterocycles. The van der Waals surface area contributed by atoms with E-state index in [1.54, 1.807) is 17.1 Å². The topological polar surface area (TPSA) is 41.4 Å². The predicted molar refractivity (Wildman–Crippen MR) is 94.9 cm³/mol. The van der Waals surface area contributed by atoms with Gasteiger partial charge in [0.1, 0.15) is 0 Å². The Kier molecular flexibility index (Phi) is 5.00. The first-order valence-electron chi connectivity index (χ1n) is 8.62. The van der Waals surface area contributed by atoms with Gasteiger partial charge in [0.05, 0.1) is 11.8 Å². The van der Waals surface area contributed by atoms with Crippen molar-refractivity contribution in [3.8, 4) is 0 Å². The normalized spacial score (nSPS) is 15.9. The summed E-state index contributed by atoms with van der Waals surface area (Å²) in [5.41, 5.74) is 3.40. The minimum Gasteiger partial charge on any atom is -0.336 e. The number of nitrogens with zero attached hydrogens (tertiary/aromatic N) is 4. The van der Waals surface area contributed by atoms with Gasteiger partial charge in [0.2, 0.25) is 0 Å². The minimum absolute atomic E-state index is 0.0871. The maximum Gasteiger partial charge on any atom is 0.257 e. The molecule has 5 heteroatoms. The van der Waals surface area contributed by atoms with Crippen LogP contribution in [0.4, 0.5) is 0 Å². The Morgan fingerprint density at radius 2 is 1.79 bits per heavy atom. The van der Waals surface area contributed by atoms with Crippen molar-refractivity contribution in [1.29, 1.82) is 0 Å². The second-order valence-corrected chi connectivity index (χ2v) is 6.87. The quantitative estimate of drug-likeness (QED) is 0.867. The van der Waals surface area contributed by atoms with Crippen LogP contribution in [0.2, 0.25) is 0 Å². The lowest BCUT2D eigenvalue weighted by Crippen LogP contribution is -2.48. The summed E-state index contributed by atoms with van der Waals surface area (Å²) in [7, 11) is 1.83. The molecule has 2 aromatic rings. The molecule has 1 aromatic heterocycles. The van der Waals surface area contributed by atoms with Gasteiger partial charge in [0.25, 0.3) is 5.91 Å². The summed E-state index contributed by atoms with van der Waals surface area (Å²) in [6.07, 6.45) is 3.43. The van der Waals surface area contributed by atoms with E-state index >= 15 is 0 Å². The summed E-state index contributed by atoms with van der Waals surface area (Å²) < 4.78 is 1.67. The molecule has 1 aliphatic rings. The highest BCUT2D eigenvalue weighted by Gasteiger charge is 2.22. The van der Waals surface area contributed by atoms with Gasteiger partial charge >= 0.3 is 0 Å². The van der Waals surface area contributed by atoms with Crippen LogP contribution in [0.25, 0.3) is 0 Å². The Hall–Kier alpha value is -2.14. The third-order valence-corrected chi connectivity index (χ3v) is 4.66. The zero-order chi connectivity index (χ0) is 17.1. The van der Waals surface area contributed by atoms with Gasteiger partial charge in [0.15, 0.2) is 0 Å². The number of carbonyl (C=O) groups is 1. The number of rotatable bonds is 4. The van der Waals surface area contributed by atoms with Crippen molar-refractivity contribution in [3.05, 3.63) is 53.3 Å². The van der Waals surface area contributed by atoms with Crippen LogP contribution in [0.15, 0.2) is 36.7 Å². The van der Waals surface area contributed by atoms with Crippen LogP contribution in [-0.2, 0) is 13.6 Å². The number of carbonyl (C=O) groups excluding carboxylic acids is 1. The fraction of sp³-hybridized carbons (Fsp3) is 0.474. The molecule has 0 radical (unpaired) electrons. The maximum atomic E-state index is 12.4. The molecule has 0 bridgehead atoms. The lowest BCUT2D eigenvalue weighted by molar-refractivity contribution is 0.0628. The first-order valence-corrected chi connectivity index (χ1v) is 8.62. The predicted octanol–water partition coefficient (Wildman–Crippen LogP) is 2.50. The van der Waals surface area contributed by atoms with Crippen LogP contribution in [0.3, 0.4) is 0 Å². The molecule has 5 nitrogen and oxygen atoms in total. The van der Waals surface area contributed by atoms with Gasteiger partial charge in [-0.05, 0) is 17.0 Å². The molecule has 1 amide bonds. The Balaban J connectivity index is 1.52. The van der Waals surface area contributed by atoms with Gasteiger partial charge < -0.3 is 4.90 Å². The molecule has 0 atom stereocenters. The van der Waals surface area contributed by atoms with E-state index in [1.807, 2.05) is 11.9 Å². The second kappa shape index (κ2) is 7.18. The molecule has 1 fully saturated rings. The van der Waals surface area contributed by atoms with Crippen molar-refractivity contribution in [2.75, 3.05) is 26.2 Å². The zero-order valence-corrected chi connectivity index (χ0v) is 14.8. The molecule has 3 rings (SSSR count). The zero-order valence-electron chi connectivity index (χ0n) is 14.8. The average molecular weight is 326 g/mol. The Bertz CT molecular complexity index is 682. The van der Waals surface area contributed by atoms with Crippen LogP contribution in [0.1, 0.15) is 41.3 Å².